The van der Waals surface area contributed by atoms with Gasteiger partial charge in [-0.3, -0.25) is 9.59 Å². The normalized spacial score (nSPS) is 14.5. The molecule has 0 saturated heterocycles. The number of hydrogen-bond acceptors (Lipinski definition) is 4. The van der Waals surface area contributed by atoms with Crippen LogP contribution in [0, 0.1) is 27.9 Å². The lowest BCUT2D eigenvalue weighted by molar-refractivity contribution is -0.122. The molecule has 4 rings (SSSR count). The molecule has 2 heterocycles. The van der Waals surface area contributed by atoms with Crippen LogP contribution in [0.4, 0.5) is 18.9 Å². The molecule has 172 valence electrons. The molecule has 1 aliphatic rings. The fraction of sp³-hybridized carbons (Fsp3) is 0.261. The number of oxazole rings is 1. The second-order valence-corrected chi connectivity index (χ2v) is 9.42. The summed E-state index contributed by atoms with van der Waals surface area (Å²) >= 11 is 2.06. The van der Waals surface area contributed by atoms with Crippen molar-refractivity contribution in [2.24, 2.45) is 0 Å². The molecule has 1 aromatic heterocycles. The van der Waals surface area contributed by atoms with E-state index in [-0.39, 0.29) is 18.0 Å². The minimum Gasteiger partial charge on any atom is -0.449 e. The van der Waals surface area contributed by atoms with Crippen molar-refractivity contribution >= 4 is 40.1 Å². The molecule has 2 aromatic carbocycles. The van der Waals surface area contributed by atoms with Gasteiger partial charge in [0.15, 0.2) is 5.89 Å². The van der Waals surface area contributed by atoms with E-state index in [0.717, 1.165) is 5.56 Å². The van der Waals surface area contributed by atoms with Crippen molar-refractivity contribution in [3.05, 3.63) is 79.8 Å². The topological polar surface area (TPSA) is 75.4 Å². The summed E-state index contributed by atoms with van der Waals surface area (Å²) in [4.78, 5) is 31.8. The van der Waals surface area contributed by atoms with Gasteiger partial charge in [-0.25, -0.2) is 18.2 Å². The molecule has 3 aromatic rings. The highest BCUT2D eigenvalue weighted by atomic mass is 127. The summed E-state index contributed by atoms with van der Waals surface area (Å²) in [6.07, 6.45) is 1.47. The standard InChI is InChI=1S/C23H19F3IN3O3/c1-11-29-14(10-33-11)9-30-19-5-12(4-18(27)20(19)23(2,3)22(30)32)21(31)28-8-15-16(25)6-13(24)7-17(15)26/h4-7,10H,8-9H2,1-3H3,(H,28,31). The summed E-state index contributed by atoms with van der Waals surface area (Å²) in [6, 6.07) is 4.30. The van der Waals surface area contributed by atoms with E-state index in [4.69, 9.17) is 4.42 Å². The van der Waals surface area contributed by atoms with Gasteiger partial charge in [-0.05, 0) is 48.6 Å². The minimum atomic E-state index is -1.09. The monoisotopic (exact) mass is 569 g/mol. The number of nitrogens with zero attached hydrogens (tertiary/aromatic N) is 2. The van der Waals surface area contributed by atoms with Gasteiger partial charge in [-0.15, -0.1) is 0 Å². The van der Waals surface area contributed by atoms with Gasteiger partial charge in [-0.1, -0.05) is 0 Å². The molecule has 1 aliphatic heterocycles. The second-order valence-electron chi connectivity index (χ2n) is 8.26. The van der Waals surface area contributed by atoms with Crippen molar-refractivity contribution in [1.29, 1.82) is 0 Å². The maximum atomic E-state index is 13.9. The number of hydrogen-bond donors (Lipinski definition) is 1. The predicted octanol–water partition coefficient (Wildman–Crippen LogP) is 4.76. The van der Waals surface area contributed by atoms with Crippen LogP contribution in [0.2, 0.25) is 0 Å². The largest absolute Gasteiger partial charge is 0.449 e. The number of aromatic nitrogens is 1. The highest BCUT2D eigenvalue weighted by molar-refractivity contribution is 14.1. The quantitative estimate of drug-likeness (QED) is 0.450. The Bertz CT molecular complexity index is 1270. The van der Waals surface area contributed by atoms with Crippen LogP contribution in [0.5, 0.6) is 0 Å². The summed E-state index contributed by atoms with van der Waals surface area (Å²) in [5.41, 5.74) is 0.854. The highest BCUT2D eigenvalue weighted by Crippen LogP contribution is 2.45. The molecule has 0 atom stereocenters. The number of carbonyl (C=O) groups is 2. The van der Waals surface area contributed by atoms with Crippen LogP contribution < -0.4 is 10.2 Å². The van der Waals surface area contributed by atoms with Crippen molar-refractivity contribution in [2.75, 3.05) is 4.90 Å². The molecule has 6 nitrogen and oxygen atoms in total. The van der Waals surface area contributed by atoms with Crippen molar-refractivity contribution in [1.82, 2.24) is 10.3 Å². The molecule has 0 aliphatic carbocycles. The summed E-state index contributed by atoms with van der Waals surface area (Å²) in [6.45, 7) is 5.02. The van der Waals surface area contributed by atoms with Crippen LogP contribution in [-0.2, 0) is 23.3 Å². The third-order valence-corrected chi connectivity index (χ3v) is 6.40. The Hall–Kier alpha value is -2.89. The van der Waals surface area contributed by atoms with E-state index in [2.05, 4.69) is 32.9 Å². The first-order valence-corrected chi connectivity index (χ1v) is 11.1. The van der Waals surface area contributed by atoms with E-state index in [9.17, 15) is 22.8 Å². The molecule has 33 heavy (non-hydrogen) atoms. The van der Waals surface area contributed by atoms with E-state index in [1.54, 1.807) is 24.0 Å². The van der Waals surface area contributed by atoms with Gasteiger partial charge < -0.3 is 14.6 Å². The molecule has 0 spiro atoms. The zero-order valence-electron chi connectivity index (χ0n) is 17.9. The van der Waals surface area contributed by atoms with Crippen molar-refractivity contribution < 1.29 is 27.2 Å². The Balaban J connectivity index is 1.64. The van der Waals surface area contributed by atoms with Crippen molar-refractivity contribution in [2.45, 2.75) is 39.3 Å². The van der Waals surface area contributed by atoms with Crippen LogP contribution in [-0.4, -0.2) is 16.8 Å². The van der Waals surface area contributed by atoms with E-state index < -0.39 is 40.9 Å². The smallest absolute Gasteiger partial charge is 0.251 e. The van der Waals surface area contributed by atoms with E-state index in [0.29, 0.717) is 33.0 Å². The van der Waals surface area contributed by atoms with Crippen molar-refractivity contribution in [3.8, 4) is 0 Å². The maximum absolute atomic E-state index is 13.9. The summed E-state index contributed by atoms with van der Waals surface area (Å²) < 4.78 is 46.9. The number of benzene rings is 2. The number of anilines is 1. The van der Waals surface area contributed by atoms with E-state index >= 15 is 0 Å². The molecule has 0 saturated carbocycles. The molecule has 0 fully saturated rings. The Morgan fingerprint density at radius 2 is 1.85 bits per heavy atom. The summed E-state index contributed by atoms with van der Waals surface area (Å²) in [5.74, 6) is -3.48. The molecular formula is C23H19F3IN3O3. The number of rotatable bonds is 5. The number of halogens is 4. The summed E-state index contributed by atoms with van der Waals surface area (Å²) in [7, 11) is 0. The molecular weight excluding hydrogens is 550 g/mol. The van der Waals surface area contributed by atoms with Gasteiger partial charge in [0.05, 0.1) is 23.3 Å². The first-order valence-electron chi connectivity index (χ1n) is 9.97. The van der Waals surface area contributed by atoms with Crippen LogP contribution in [0.25, 0.3) is 0 Å². The lowest BCUT2D eigenvalue weighted by Gasteiger charge is -2.19. The molecule has 2 amide bonds. The zero-order chi connectivity index (χ0) is 24.1. The fourth-order valence-electron chi connectivity index (χ4n) is 3.92. The summed E-state index contributed by atoms with van der Waals surface area (Å²) in [5, 5.41) is 2.46. The maximum Gasteiger partial charge on any atom is 0.251 e. The second kappa shape index (κ2) is 8.47. The molecule has 0 bridgehead atoms. The predicted molar refractivity (Wildman–Crippen MR) is 122 cm³/mol. The Morgan fingerprint density at radius 3 is 2.45 bits per heavy atom. The van der Waals surface area contributed by atoms with Crippen LogP contribution in [0.15, 0.2) is 34.9 Å². The molecule has 0 unspecified atom stereocenters. The van der Waals surface area contributed by atoms with E-state index in [1.165, 1.54) is 6.26 Å². The average molecular weight is 569 g/mol. The van der Waals surface area contributed by atoms with Gasteiger partial charge in [0.25, 0.3) is 5.91 Å². The van der Waals surface area contributed by atoms with Gasteiger partial charge in [0.1, 0.15) is 23.7 Å². The Labute approximate surface area is 201 Å². The molecule has 0 radical (unpaired) electrons. The first kappa shape index (κ1) is 23.3. The number of aryl methyl sites for hydroxylation is 1. The van der Waals surface area contributed by atoms with E-state index in [1.807, 2.05) is 13.8 Å². The number of fused-ring (bicyclic) bond motifs is 1. The van der Waals surface area contributed by atoms with Crippen LogP contribution in [0.3, 0.4) is 0 Å². The molecule has 10 heteroatoms. The molecule has 1 N–H and O–H groups in total. The number of carbonyl (C=O) groups excluding carboxylic acids is 2. The Morgan fingerprint density at radius 1 is 1.18 bits per heavy atom. The average Bonchev–Trinajstić information content (AvgIpc) is 3.21. The third kappa shape index (κ3) is 4.23. The lowest BCUT2D eigenvalue weighted by atomic mass is 9.86. The minimum absolute atomic E-state index is 0.149. The van der Waals surface area contributed by atoms with Crippen LogP contribution >= 0.6 is 22.6 Å². The van der Waals surface area contributed by atoms with Crippen LogP contribution in [0.1, 0.15) is 46.9 Å². The highest BCUT2D eigenvalue weighted by Gasteiger charge is 2.45. The Kier molecular flexibility index (Phi) is 5.97. The van der Waals surface area contributed by atoms with Gasteiger partial charge in [-0.2, -0.15) is 0 Å². The number of nitrogens with one attached hydrogen (secondary N) is 1. The fourth-order valence-corrected chi connectivity index (χ4v) is 5.21. The lowest BCUT2D eigenvalue weighted by Crippen LogP contribution is -2.36. The van der Waals surface area contributed by atoms with Crippen molar-refractivity contribution in [3.63, 3.8) is 0 Å². The third-order valence-electron chi connectivity index (χ3n) is 5.55. The van der Waals surface area contributed by atoms with Gasteiger partial charge in [0.2, 0.25) is 5.91 Å². The van der Waals surface area contributed by atoms with Gasteiger partial charge >= 0.3 is 0 Å². The SMILES string of the molecule is Cc1nc(CN2C(=O)C(C)(C)c3c(I)cc(C(=O)NCc4c(F)cc(F)cc4F)cc32)co1. The zero-order valence-corrected chi connectivity index (χ0v) is 20.1. The first-order chi connectivity index (χ1) is 15.5. The van der Waals surface area contributed by atoms with Gasteiger partial charge in [0, 0.05) is 45.9 Å². The number of amides is 2.